The second-order valence-corrected chi connectivity index (χ2v) is 6.02. The average Bonchev–Trinajstić information content (AvgIpc) is 3.22. The maximum atomic E-state index is 12.1. The fourth-order valence-corrected chi connectivity index (χ4v) is 2.18. The maximum Gasteiger partial charge on any atom is 0.326 e. The number of hydrogen-bond donors (Lipinski definition) is 1. The van der Waals surface area contributed by atoms with Crippen LogP contribution in [0.5, 0.6) is 0 Å². The number of nitrogens with one attached hydrogen (secondary N) is 1. The third-order valence-electron chi connectivity index (χ3n) is 3.87. The van der Waals surface area contributed by atoms with Crippen molar-refractivity contribution in [2.24, 2.45) is 0 Å². The molecule has 0 saturated heterocycles. The molecule has 4 heteroatoms. The monoisotopic (exact) mass is 285 g/mol. The molecule has 1 rings (SSSR count). The van der Waals surface area contributed by atoms with Gasteiger partial charge in [0.2, 0.25) is 0 Å². The van der Waals surface area contributed by atoms with Gasteiger partial charge in [-0.2, -0.15) is 0 Å². The third kappa shape index (κ3) is 6.23. The zero-order chi connectivity index (χ0) is 15.0. The Labute approximate surface area is 123 Å². The van der Waals surface area contributed by atoms with Crippen molar-refractivity contribution in [3.8, 4) is 0 Å². The van der Waals surface area contributed by atoms with Crippen LogP contribution >= 0.6 is 0 Å². The van der Waals surface area contributed by atoms with Crippen LogP contribution in [0.15, 0.2) is 0 Å². The quantitative estimate of drug-likeness (QED) is 0.468. The summed E-state index contributed by atoms with van der Waals surface area (Å²) in [6.45, 7) is 9.27. The fraction of sp³-hybridized carbons (Fsp3) is 0.938. The summed E-state index contributed by atoms with van der Waals surface area (Å²) in [6.07, 6.45) is 6.50. The molecule has 1 aliphatic rings. The second-order valence-electron chi connectivity index (χ2n) is 6.02. The van der Waals surface area contributed by atoms with E-state index in [1.165, 1.54) is 12.8 Å². The van der Waals surface area contributed by atoms with Crippen molar-refractivity contribution in [3.05, 3.63) is 0 Å². The molecule has 1 saturated carbocycles. The molecule has 1 N–H and O–H groups in total. The van der Waals surface area contributed by atoms with Crippen molar-refractivity contribution >= 4 is 5.97 Å². The van der Waals surface area contributed by atoms with E-state index in [0.29, 0.717) is 18.8 Å². The van der Waals surface area contributed by atoms with Gasteiger partial charge in [0.05, 0.1) is 12.7 Å². The van der Waals surface area contributed by atoms with Crippen LogP contribution in [0, 0.1) is 0 Å². The van der Waals surface area contributed by atoms with Crippen LogP contribution in [0.4, 0.5) is 0 Å². The number of ether oxygens (including phenoxy) is 2. The minimum atomic E-state index is -0.534. The van der Waals surface area contributed by atoms with Crippen LogP contribution in [-0.2, 0) is 14.3 Å². The van der Waals surface area contributed by atoms with Crippen molar-refractivity contribution in [2.45, 2.75) is 83.9 Å². The van der Waals surface area contributed by atoms with Gasteiger partial charge in [0.15, 0.2) is 0 Å². The minimum absolute atomic E-state index is 0.116. The van der Waals surface area contributed by atoms with Crippen molar-refractivity contribution < 1.29 is 14.3 Å². The van der Waals surface area contributed by atoms with E-state index in [2.05, 4.69) is 19.2 Å². The summed E-state index contributed by atoms with van der Waals surface area (Å²) in [6, 6.07) is 0.501. The Hall–Kier alpha value is -0.610. The Morgan fingerprint density at radius 1 is 1.35 bits per heavy atom. The topological polar surface area (TPSA) is 47.6 Å². The fourth-order valence-electron chi connectivity index (χ4n) is 2.18. The minimum Gasteiger partial charge on any atom is -0.465 e. The van der Waals surface area contributed by atoms with E-state index in [0.717, 1.165) is 32.3 Å². The van der Waals surface area contributed by atoms with Crippen LogP contribution in [0.3, 0.4) is 0 Å². The zero-order valence-electron chi connectivity index (χ0n) is 13.5. The molecule has 4 nitrogen and oxygen atoms in total. The molecule has 0 heterocycles. The third-order valence-corrected chi connectivity index (χ3v) is 3.87. The number of hydrogen-bond acceptors (Lipinski definition) is 4. The van der Waals surface area contributed by atoms with Gasteiger partial charge in [-0.15, -0.1) is 0 Å². The first-order valence-corrected chi connectivity index (χ1v) is 8.08. The van der Waals surface area contributed by atoms with E-state index in [1.807, 2.05) is 13.8 Å². The molecule has 0 bridgehead atoms. The first kappa shape index (κ1) is 17.4. The molecule has 1 fully saturated rings. The van der Waals surface area contributed by atoms with Crippen molar-refractivity contribution in [1.29, 1.82) is 0 Å². The molecule has 2 atom stereocenters. The highest BCUT2D eigenvalue weighted by molar-refractivity contribution is 5.80. The van der Waals surface area contributed by atoms with Crippen LogP contribution in [-0.4, -0.2) is 36.9 Å². The van der Waals surface area contributed by atoms with Gasteiger partial charge in [0.25, 0.3) is 0 Å². The molecule has 118 valence electrons. The smallest absolute Gasteiger partial charge is 0.326 e. The maximum absolute atomic E-state index is 12.1. The van der Waals surface area contributed by atoms with Gasteiger partial charge >= 0.3 is 5.97 Å². The van der Waals surface area contributed by atoms with E-state index < -0.39 is 5.54 Å². The molecule has 1 aliphatic carbocycles. The lowest BCUT2D eigenvalue weighted by molar-refractivity contribution is -0.151. The number of carbonyl (C=O) groups excluding carboxylic acids is 1. The molecule has 0 aromatic rings. The van der Waals surface area contributed by atoms with Gasteiger partial charge in [-0.05, 0) is 59.3 Å². The van der Waals surface area contributed by atoms with Crippen molar-refractivity contribution in [3.63, 3.8) is 0 Å². The lowest BCUT2D eigenvalue weighted by Gasteiger charge is -2.28. The Balaban J connectivity index is 2.30. The Bertz CT molecular complexity index is 291. The highest BCUT2D eigenvalue weighted by Gasteiger charge is 2.39. The normalized spacial score (nSPS) is 19.4. The molecule has 0 aliphatic heterocycles. The van der Waals surface area contributed by atoms with Crippen LogP contribution < -0.4 is 5.32 Å². The predicted octanol–water partition coefficient (Wildman–Crippen LogP) is 3.05. The summed E-state index contributed by atoms with van der Waals surface area (Å²) in [5.41, 5.74) is -0.534. The van der Waals surface area contributed by atoms with Gasteiger partial charge in [0, 0.05) is 12.6 Å². The lowest BCUT2D eigenvalue weighted by atomic mass is 9.94. The lowest BCUT2D eigenvalue weighted by Crippen LogP contribution is -2.51. The summed E-state index contributed by atoms with van der Waals surface area (Å²) in [5, 5.41) is 3.45. The standard InChI is InChI=1S/C16H31NO3/c1-5-13(3)20-12-8-7-11-16(4,15(18)19-6-2)17-14-9-10-14/h13-14,17H,5-12H2,1-4H3. The highest BCUT2D eigenvalue weighted by atomic mass is 16.5. The molecule has 0 aromatic carbocycles. The Morgan fingerprint density at radius 2 is 2.05 bits per heavy atom. The van der Waals surface area contributed by atoms with E-state index in [4.69, 9.17) is 9.47 Å². The van der Waals surface area contributed by atoms with Crippen molar-refractivity contribution in [2.75, 3.05) is 13.2 Å². The number of unbranched alkanes of at least 4 members (excludes halogenated alkanes) is 1. The highest BCUT2D eigenvalue weighted by Crippen LogP contribution is 2.26. The molecule has 0 spiro atoms. The molecule has 2 unspecified atom stereocenters. The predicted molar refractivity (Wildman–Crippen MR) is 80.8 cm³/mol. The van der Waals surface area contributed by atoms with E-state index in [1.54, 1.807) is 0 Å². The molecule has 20 heavy (non-hydrogen) atoms. The van der Waals surface area contributed by atoms with Crippen LogP contribution in [0.1, 0.15) is 66.2 Å². The summed E-state index contributed by atoms with van der Waals surface area (Å²) < 4.78 is 10.9. The van der Waals surface area contributed by atoms with Gasteiger partial charge in [-0.1, -0.05) is 6.92 Å². The second kappa shape index (κ2) is 8.63. The first-order chi connectivity index (χ1) is 9.51. The molecule has 0 radical (unpaired) electrons. The zero-order valence-corrected chi connectivity index (χ0v) is 13.5. The molecular formula is C16H31NO3. The molecular weight excluding hydrogens is 254 g/mol. The summed E-state index contributed by atoms with van der Waals surface area (Å²) >= 11 is 0. The van der Waals surface area contributed by atoms with Gasteiger partial charge < -0.3 is 9.47 Å². The summed E-state index contributed by atoms with van der Waals surface area (Å²) in [5.74, 6) is -0.116. The van der Waals surface area contributed by atoms with Gasteiger partial charge in [0.1, 0.15) is 5.54 Å². The average molecular weight is 285 g/mol. The van der Waals surface area contributed by atoms with Crippen molar-refractivity contribution in [1.82, 2.24) is 5.32 Å². The summed E-state index contributed by atoms with van der Waals surface area (Å²) in [4.78, 5) is 12.1. The largest absolute Gasteiger partial charge is 0.465 e. The van der Waals surface area contributed by atoms with E-state index in [-0.39, 0.29) is 5.97 Å². The van der Waals surface area contributed by atoms with E-state index in [9.17, 15) is 4.79 Å². The summed E-state index contributed by atoms with van der Waals surface area (Å²) in [7, 11) is 0. The SMILES string of the molecule is CCOC(=O)C(C)(CCCCOC(C)CC)NC1CC1. The molecule has 0 aromatic heterocycles. The Kier molecular flexibility index (Phi) is 7.52. The number of rotatable bonds is 11. The Morgan fingerprint density at radius 3 is 2.60 bits per heavy atom. The van der Waals surface area contributed by atoms with E-state index >= 15 is 0 Å². The van der Waals surface area contributed by atoms with Gasteiger partial charge in [-0.25, -0.2) is 0 Å². The van der Waals surface area contributed by atoms with Crippen LogP contribution in [0.25, 0.3) is 0 Å². The number of carbonyl (C=O) groups is 1. The first-order valence-electron chi connectivity index (χ1n) is 8.08. The molecule has 0 amide bonds. The van der Waals surface area contributed by atoms with Gasteiger partial charge in [-0.3, -0.25) is 10.1 Å². The van der Waals surface area contributed by atoms with Crippen LogP contribution in [0.2, 0.25) is 0 Å². The number of esters is 1.